The Balaban J connectivity index is 1.74. The van der Waals surface area contributed by atoms with Crippen LogP contribution in [0.2, 0.25) is 5.02 Å². The summed E-state index contributed by atoms with van der Waals surface area (Å²) in [5, 5.41) is 16.0. The van der Waals surface area contributed by atoms with Crippen LogP contribution in [0.1, 0.15) is 0 Å². The third kappa shape index (κ3) is 3.95. The zero-order valence-corrected chi connectivity index (χ0v) is 14.7. The molecule has 2 heterocycles. The summed E-state index contributed by atoms with van der Waals surface area (Å²) < 4.78 is 0.968. The number of carbonyl (C=O) groups excluding carboxylic acids is 1. The van der Waals surface area contributed by atoms with Crippen LogP contribution in [0.4, 0.5) is 10.8 Å². The van der Waals surface area contributed by atoms with E-state index >= 15 is 0 Å². The molecule has 0 aliphatic heterocycles. The molecule has 0 bridgehead atoms. The highest BCUT2D eigenvalue weighted by Crippen LogP contribution is 2.30. The fourth-order valence-electron chi connectivity index (χ4n) is 2.19. The summed E-state index contributed by atoms with van der Waals surface area (Å²) in [7, 11) is 0. The minimum absolute atomic E-state index is 0.271. The van der Waals surface area contributed by atoms with Crippen LogP contribution in [0, 0.1) is 10.1 Å². The molecule has 0 atom stereocenters. The van der Waals surface area contributed by atoms with Gasteiger partial charge in [-0.1, -0.05) is 29.8 Å². The van der Waals surface area contributed by atoms with E-state index in [0.29, 0.717) is 15.8 Å². The zero-order chi connectivity index (χ0) is 18.7. The second-order valence-electron chi connectivity index (χ2n) is 5.18. The lowest BCUT2D eigenvalue weighted by atomic mass is 10.2. The Morgan fingerprint density at radius 3 is 2.81 bits per heavy atom. The lowest BCUT2D eigenvalue weighted by Crippen LogP contribution is -2.26. The summed E-state index contributed by atoms with van der Waals surface area (Å²) in [6, 6.07) is 9.32. The number of nitrogens with zero attached hydrogens (tertiary/aromatic N) is 3. The van der Waals surface area contributed by atoms with Crippen LogP contribution in [-0.4, -0.2) is 20.4 Å². The van der Waals surface area contributed by atoms with Gasteiger partial charge in [0, 0.05) is 28.1 Å². The van der Waals surface area contributed by atoms with Gasteiger partial charge in [0.15, 0.2) is 5.13 Å². The van der Waals surface area contributed by atoms with Gasteiger partial charge < -0.3 is 5.32 Å². The summed E-state index contributed by atoms with van der Waals surface area (Å²) in [4.78, 5) is 38.3. The van der Waals surface area contributed by atoms with Crippen LogP contribution >= 0.6 is 22.9 Å². The Morgan fingerprint density at radius 1 is 1.31 bits per heavy atom. The predicted octanol–water partition coefficient (Wildman–Crippen LogP) is 3.17. The molecule has 0 radical (unpaired) electrons. The largest absolute Gasteiger partial charge is 0.300 e. The lowest BCUT2D eigenvalue weighted by Gasteiger charge is -2.05. The fourth-order valence-corrected chi connectivity index (χ4v) is 3.15. The first-order valence-corrected chi connectivity index (χ1v) is 8.55. The van der Waals surface area contributed by atoms with Crippen LogP contribution in [-0.2, 0) is 11.3 Å². The molecule has 10 heteroatoms. The lowest BCUT2D eigenvalue weighted by molar-refractivity contribution is -0.385. The maximum atomic E-state index is 12.1. The average Bonchev–Trinajstić information content (AvgIpc) is 3.05. The van der Waals surface area contributed by atoms with Crippen molar-refractivity contribution in [3.05, 3.63) is 73.5 Å². The van der Waals surface area contributed by atoms with Gasteiger partial charge in [-0.25, -0.2) is 4.98 Å². The van der Waals surface area contributed by atoms with Gasteiger partial charge in [-0.3, -0.25) is 24.3 Å². The summed E-state index contributed by atoms with van der Waals surface area (Å²) in [6.07, 6.45) is 1.03. The van der Waals surface area contributed by atoms with E-state index in [4.69, 9.17) is 11.6 Å². The third-order valence-electron chi connectivity index (χ3n) is 3.39. The smallest absolute Gasteiger partial charge is 0.285 e. The zero-order valence-electron chi connectivity index (χ0n) is 13.1. The van der Waals surface area contributed by atoms with Gasteiger partial charge in [-0.2, -0.15) is 0 Å². The van der Waals surface area contributed by atoms with E-state index in [1.54, 1.807) is 17.5 Å². The van der Waals surface area contributed by atoms with Gasteiger partial charge in [0.2, 0.25) is 5.91 Å². The summed E-state index contributed by atoms with van der Waals surface area (Å²) in [5.74, 6) is -0.521. The Morgan fingerprint density at radius 2 is 2.08 bits per heavy atom. The molecule has 0 saturated carbocycles. The standard InChI is InChI=1S/C16H11ClN4O4S/c17-12-4-2-1-3-11(12)13-9-26-16(18-13)19-14(22)8-20-7-10(21(24)25)5-6-15(20)23/h1-7,9H,8H2,(H,18,19,22). The van der Waals surface area contributed by atoms with Crippen molar-refractivity contribution in [3.8, 4) is 11.3 Å². The molecule has 0 fully saturated rings. The highest BCUT2D eigenvalue weighted by Gasteiger charge is 2.13. The first-order chi connectivity index (χ1) is 12.4. The quantitative estimate of drug-likeness (QED) is 0.531. The van der Waals surface area contributed by atoms with Gasteiger partial charge in [0.1, 0.15) is 6.54 Å². The normalized spacial score (nSPS) is 10.5. The molecule has 0 spiro atoms. The number of nitrogens with one attached hydrogen (secondary N) is 1. The summed E-state index contributed by atoms with van der Waals surface area (Å²) in [6.45, 7) is -0.360. The molecule has 0 aliphatic carbocycles. The monoisotopic (exact) mass is 390 g/mol. The van der Waals surface area contributed by atoms with E-state index in [1.165, 1.54) is 11.3 Å². The van der Waals surface area contributed by atoms with E-state index in [0.717, 1.165) is 28.5 Å². The number of anilines is 1. The molecular weight excluding hydrogens is 380 g/mol. The molecule has 26 heavy (non-hydrogen) atoms. The van der Waals surface area contributed by atoms with Crippen molar-refractivity contribution >= 4 is 39.7 Å². The number of hydrogen-bond donors (Lipinski definition) is 1. The molecular formula is C16H11ClN4O4S. The van der Waals surface area contributed by atoms with E-state index in [-0.39, 0.29) is 12.2 Å². The molecule has 2 aromatic heterocycles. The van der Waals surface area contributed by atoms with Crippen LogP contribution in [0.5, 0.6) is 0 Å². The minimum Gasteiger partial charge on any atom is -0.300 e. The third-order valence-corrected chi connectivity index (χ3v) is 4.48. The molecule has 3 aromatic rings. The van der Waals surface area contributed by atoms with Gasteiger partial charge in [-0.15, -0.1) is 11.3 Å². The summed E-state index contributed by atoms with van der Waals surface area (Å²) in [5.41, 5.74) is 0.568. The van der Waals surface area contributed by atoms with E-state index in [2.05, 4.69) is 10.3 Å². The van der Waals surface area contributed by atoms with Crippen LogP contribution in [0.15, 0.2) is 52.8 Å². The number of thiazole rings is 1. The van der Waals surface area contributed by atoms with E-state index in [9.17, 15) is 19.7 Å². The van der Waals surface area contributed by atoms with Gasteiger partial charge in [0.05, 0.1) is 16.8 Å². The van der Waals surface area contributed by atoms with Crippen molar-refractivity contribution in [2.75, 3.05) is 5.32 Å². The fraction of sp³-hybridized carbons (Fsp3) is 0.0625. The number of nitro groups is 1. The van der Waals surface area contributed by atoms with Crippen molar-refractivity contribution < 1.29 is 9.72 Å². The number of rotatable bonds is 5. The number of carbonyl (C=O) groups is 1. The molecule has 132 valence electrons. The molecule has 1 N–H and O–H groups in total. The average molecular weight is 391 g/mol. The number of hydrogen-bond acceptors (Lipinski definition) is 6. The molecule has 0 aliphatic rings. The maximum absolute atomic E-state index is 12.1. The topological polar surface area (TPSA) is 107 Å². The van der Waals surface area contributed by atoms with Crippen molar-refractivity contribution in [1.29, 1.82) is 0 Å². The maximum Gasteiger partial charge on any atom is 0.285 e. The first kappa shape index (κ1) is 17.8. The number of amides is 1. The van der Waals surface area contributed by atoms with Gasteiger partial charge in [-0.05, 0) is 6.07 Å². The number of halogens is 1. The van der Waals surface area contributed by atoms with Crippen molar-refractivity contribution in [2.24, 2.45) is 0 Å². The predicted molar refractivity (Wildman–Crippen MR) is 98.5 cm³/mol. The van der Waals surface area contributed by atoms with Gasteiger partial charge in [0.25, 0.3) is 11.2 Å². The summed E-state index contributed by atoms with van der Waals surface area (Å²) >= 11 is 7.33. The van der Waals surface area contributed by atoms with E-state index in [1.807, 2.05) is 12.1 Å². The van der Waals surface area contributed by atoms with Crippen molar-refractivity contribution in [2.45, 2.75) is 6.54 Å². The SMILES string of the molecule is O=C(Cn1cc([N+](=O)[O-])ccc1=O)Nc1nc(-c2ccccc2Cl)cs1. The first-order valence-electron chi connectivity index (χ1n) is 7.29. The minimum atomic E-state index is -0.634. The second-order valence-corrected chi connectivity index (χ2v) is 6.44. The highest BCUT2D eigenvalue weighted by molar-refractivity contribution is 7.14. The second kappa shape index (κ2) is 7.46. The molecule has 0 saturated heterocycles. The number of aromatic nitrogens is 2. The molecule has 1 amide bonds. The van der Waals surface area contributed by atoms with Crippen LogP contribution in [0.3, 0.4) is 0 Å². The van der Waals surface area contributed by atoms with Crippen LogP contribution < -0.4 is 10.9 Å². The molecule has 0 unspecified atom stereocenters. The molecule has 8 nitrogen and oxygen atoms in total. The van der Waals surface area contributed by atoms with Crippen LogP contribution in [0.25, 0.3) is 11.3 Å². The Kier molecular flexibility index (Phi) is 5.10. The van der Waals surface area contributed by atoms with Crippen molar-refractivity contribution in [3.63, 3.8) is 0 Å². The highest BCUT2D eigenvalue weighted by atomic mass is 35.5. The van der Waals surface area contributed by atoms with Gasteiger partial charge >= 0.3 is 0 Å². The molecule has 3 rings (SSSR count). The van der Waals surface area contributed by atoms with Crippen molar-refractivity contribution in [1.82, 2.24) is 9.55 Å². The molecule has 1 aromatic carbocycles. The van der Waals surface area contributed by atoms with E-state index < -0.39 is 16.4 Å². The Bertz CT molecular complexity index is 1050. The Hall–Kier alpha value is -3.04. The Labute approximate surface area is 155 Å². The number of benzene rings is 1. The number of pyridine rings is 1.